The zero-order chi connectivity index (χ0) is 10.2. The van der Waals surface area contributed by atoms with Crippen LogP contribution in [0.1, 0.15) is 37.6 Å². The van der Waals surface area contributed by atoms with Gasteiger partial charge in [0.2, 0.25) is 0 Å². The minimum absolute atomic E-state index is 0.0997. The summed E-state index contributed by atoms with van der Waals surface area (Å²) in [5, 5.41) is 0. The number of hydrogen-bond acceptors (Lipinski definition) is 1. The highest BCUT2D eigenvalue weighted by Crippen LogP contribution is 2.23. The molecule has 1 rings (SSSR count). The molecule has 0 aliphatic heterocycles. The molecule has 0 N–H and O–H groups in total. The first-order chi connectivity index (χ1) is 5.84. The van der Waals surface area contributed by atoms with E-state index in [1.54, 1.807) is 6.20 Å². The molecule has 0 aliphatic rings. The van der Waals surface area contributed by atoms with Crippen molar-refractivity contribution in [1.29, 1.82) is 0 Å². The predicted molar refractivity (Wildman–Crippen MR) is 57.8 cm³/mol. The SMILES string of the molecule is [B]c1cnc(C(C)(C)C)c(C)c1C. The summed E-state index contributed by atoms with van der Waals surface area (Å²) in [5.41, 5.74) is 4.39. The van der Waals surface area contributed by atoms with E-state index in [0.29, 0.717) is 0 Å². The van der Waals surface area contributed by atoms with Gasteiger partial charge in [-0.15, -0.1) is 0 Å². The Kier molecular flexibility index (Phi) is 2.51. The molecule has 1 aromatic heterocycles. The van der Waals surface area contributed by atoms with Gasteiger partial charge in [0.1, 0.15) is 7.85 Å². The number of rotatable bonds is 0. The maximum atomic E-state index is 5.77. The lowest BCUT2D eigenvalue weighted by atomic mass is 9.83. The summed E-state index contributed by atoms with van der Waals surface area (Å²) in [4.78, 5) is 4.38. The van der Waals surface area contributed by atoms with Crippen LogP contribution in [0.5, 0.6) is 0 Å². The molecule has 2 radical (unpaired) electrons. The van der Waals surface area contributed by atoms with Crippen LogP contribution in [0.25, 0.3) is 0 Å². The monoisotopic (exact) mass is 173 g/mol. The van der Waals surface area contributed by atoms with Crippen molar-refractivity contribution >= 4 is 13.3 Å². The number of nitrogens with zero attached hydrogens (tertiary/aromatic N) is 1. The maximum absolute atomic E-state index is 5.77. The third-order valence-corrected chi connectivity index (χ3v) is 2.39. The largest absolute Gasteiger partial charge is 0.261 e. The summed E-state index contributed by atoms with van der Waals surface area (Å²) in [6, 6.07) is 0. The van der Waals surface area contributed by atoms with E-state index in [1.807, 2.05) is 6.92 Å². The second kappa shape index (κ2) is 3.17. The van der Waals surface area contributed by atoms with Gasteiger partial charge < -0.3 is 0 Å². The number of aromatic nitrogens is 1. The topological polar surface area (TPSA) is 12.9 Å². The molecule has 0 amide bonds. The molecule has 0 aromatic carbocycles. The average Bonchev–Trinajstić information content (AvgIpc) is 1.98. The molecule has 0 bridgehead atoms. The maximum Gasteiger partial charge on any atom is 0.116 e. The molecular formula is C11H16BN. The first-order valence-corrected chi connectivity index (χ1v) is 4.56. The summed E-state index contributed by atoms with van der Waals surface area (Å²) in [6.07, 6.45) is 1.75. The summed E-state index contributed by atoms with van der Waals surface area (Å²) in [6.45, 7) is 10.6. The van der Waals surface area contributed by atoms with Crippen LogP contribution in [0, 0.1) is 13.8 Å². The van der Waals surface area contributed by atoms with Gasteiger partial charge in [-0.1, -0.05) is 31.8 Å². The molecule has 2 heteroatoms. The molecule has 1 aromatic rings. The predicted octanol–water partition coefficient (Wildman–Crippen LogP) is 1.79. The van der Waals surface area contributed by atoms with Crippen molar-refractivity contribution in [2.24, 2.45) is 0 Å². The van der Waals surface area contributed by atoms with Crippen LogP contribution in [0.4, 0.5) is 0 Å². The highest BCUT2D eigenvalue weighted by molar-refractivity contribution is 6.33. The van der Waals surface area contributed by atoms with Crippen molar-refractivity contribution in [3.63, 3.8) is 0 Å². The van der Waals surface area contributed by atoms with Crippen molar-refractivity contribution in [2.75, 3.05) is 0 Å². The Morgan fingerprint density at radius 3 is 2.15 bits per heavy atom. The van der Waals surface area contributed by atoms with E-state index in [9.17, 15) is 0 Å². The third kappa shape index (κ3) is 1.93. The molecule has 0 aliphatic carbocycles. The highest BCUT2D eigenvalue weighted by Gasteiger charge is 2.18. The van der Waals surface area contributed by atoms with Crippen molar-refractivity contribution < 1.29 is 0 Å². The molecule has 68 valence electrons. The van der Waals surface area contributed by atoms with Gasteiger partial charge in [-0.25, -0.2) is 0 Å². The number of hydrogen-bond donors (Lipinski definition) is 0. The van der Waals surface area contributed by atoms with Gasteiger partial charge >= 0.3 is 0 Å². The van der Waals surface area contributed by atoms with Crippen LogP contribution in [0.2, 0.25) is 0 Å². The van der Waals surface area contributed by atoms with Crippen molar-refractivity contribution in [1.82, 2.24) is 4.98 Å². The molecule has 0 atom stereocenters. The van der Waals surface area contributed by atoms with Crippen LogP contribution in [-0.4, -0.2) is 12.8 Å². The fraction of sp³-hybridized carbons (Fsp3) is 0.545. The third-order valence-electron chi connectivity index (χ3n) is 2.39. The molecular weight excluding hydrogens is 157 g/mol. The van der Waals surface area contributed by atoms with Gasteiger partial charge in [0, 0.05) is 17.3 Å². The lowest BCUT2D eigenvalue weighted by Gasteiger charge is -2.22. The summed E-state index contributed by atoms with van der Waals surface area (Å²) in [5.74, 6) is 0. The summed E-state index contributed by atoms with van der Waals surface area (Å²) in [7, 11) is 5.77. The zero-order valence-corrected chi connectivity index (χ0v) is 9.10. The van der Waals surface area contributed by atoms with E-state index in [2.05, 4.69) is 32.7 Å². The van der Waals surface area contributed by atoms with Crippen molar-refractivity contribution in [3.05, 3.63) is 23.0 Å². The first-order valence-electron chi connectivity index (χ1n) is 4.56. The van der Waals surface area contributed by atoms with E-state index >= 15 is 0 Å². The van der Waals surface area contributed by atoms with Crippen LogP contribution >= 0.6 is 0 Å². The van der Waals surface area contributed by atoms with Gasteiger partial charge in [0.15, 0.2) is 0 Å². The smallest absolute Gasteiger partial charge is 0.116 e. The van der Waals surface area contributed by atoms with Gasteiger partial charge in [-0.05, 0) is 19.4 Å². The Morgan fingerprint density at radius 2 is 1.69 bits per heavy atom. The Balaban J connectivity index is 3.35. The summed E-state index contributed by atoms with van der Waals surface area (Å²) >= 11 is 0. The molecule has 1 nitrogen and oxygen atoms in total. The fourth-order valence-corrected chi connectivity index (χ4v) is 1.48. The van der Waals surface area contributed by atoms with Crippen molar-refractivity contribution in [3.8, 4) is 0 Å². The van der Waals surface area contributed by atoms with Gasteiger partial charge in [-0.2, -0.15) is 0 Å². The second-order valence-corrected chi connectivity index (χ2v) is 4.56. The Hall–Kier alpha value is -0.785. The Morgan fingerprint density at radius 1 is 1.15 bits per heavy atom. The molecule has 0 spiro atoms. The van der Waals surface area contributed by atoms with E-state index in [1.165, 1.54) is 5.56 Å². The standard InChI is InChI=1S/C11H16BN/c1-7-8(2)10(11(3,4)5)13-6-9(7)12/h6H,1-5H3. The van der Waals surface area contributed by atoms with E-state index in [4.69, 9.17) is 7.85 Å². The molecule has 0 fully saturated rings. The first kappa shape index (κ1) is 10.3. The molecule has 0 unspecified atom stereocenters. The molecule has 13 heavy (non-hydrogen) atoms. The lowest BCUT2D eigenvalue weighted by Crippen LogP contribution is -2.21. The van der Waals surface area contributed by atoms with Crippen LogP contribution in [-0.2, 0) is 5.41 Å². The molecule has 1 heterocycles. The highest BCUT2D eigenvalue weighted by atomic mass is 14.7. The molecule has 0 saturated carbocycles. The quantitative estimate of drug-likeness (QED) is 0.545. The minimum atomic E-state index is 0.0997. The van der Waals surface area contributed by atoms with Crippen LogP contribution in [0.15, 0.2) is 6.20 Å². The fourth-order valence-electron chi connectivity index (χ4n) is 1.48. The number of pyridine rings is 1. The Labute approximate surface area is 82.0 Å². The molecule has 0 saturated heterocycles. The van der Waals surface area contributed by atoms with E-state index in [-0.39, 0.29) is 5.41 Å². The van der Waals surface area contributed by atoms with Gasteiger partial charge in [0.25, 0.3) is 0 Å². The van der Waals surface area contributed by atoms with E-state index in [0.717, 1.165) is 16.7 Å². The minimum Gasteiger partial charge on any atom is -0.261 e. The normalized spacial score (nSPS) is 11.8. The van der Waals surface area contributed by atoms with E-state index < -0.39 is 0 Å². The lowest BCUT2D eigenvalue weighted by molar-refractivity contribution is 0.564. The average molecular weight is 173 g/mol. The van der Waals surface area contributed by atoms with Crippen LogP contribution in [0.3, 0.4) is 0 Å². The Bertz CT molecular complexity index is 324. The summed E-state index contributed by atoms with van der Waals surface area (Å²) < 4.78 is 0. The van der Waals surface area contributed by atoms with Gasteiger partial charge in [0.05, 0.1) is 0 Å². The van der Waals surface area contributed by atoms with Gasteiger partial charge in [-0.3, -0.25) is 4.98 Å². The van der Waals surface area contributed by atoms with Crippen molar-refractivity contribution in [2.45, 2.75) is 40.0 Å². The zero-order valence-electron chi connectivity index (χ0n) is 9.10. The van der Waals surface area contributed by atoms with Crippen LogP contribution < -0.4 is 5.46 Å². The second-order valence-electron chi connectivity index (χ2n) is 4.56.